The summed E-state index contributed by atoms with van der Waals surface area (Å²) in [5.41, 5.74) is 3.02. The second kappa shape index (κ2) is 8.70. The summed E-state index contributed by atoms with van der Waals surface area (Å²) >= 11 is 12.2. The number of halogens is 2. The average molecular weight is 386 g/mol. The Balaban J connectivity index is 1.56. The third-order valence-corrected chi connectivity index (χ3v) is 4.57. The van der Waals surface area contributed by atoms with E-state index in [1.165, 1.54) is 0 Å². The first kappa shape index (κ1) is 18.2. The Labute approximate surface area is 162 Å². The van der Waals surface area contributed by atoms with E-state index in [0.717, 1.165) is 16.8 Å². The minimum absolute atomic E-state index is 0.248. The van der Waals surface area contributed by atoms with Crippen LogP contribution in [-0.2, 0) is 13.1 Å². The molecule has 2 N–H and O–H groups in total. The van der Waals surface area contributed by atoms with Crippen molar-refractivity contribution in [3.63, 3.8) is 0 Å². The molecular weight excluding hydrogens is 369 g/mol. The Kier molecular flexibility index (Phi) is 6.10. The van der Waals surface area contributed by atoms with E-state index in [0.29, 0.717) is 28.8 Å². The highest BCUT2D eigenvalue weighted by Gasteiger charge is 2.08. The number of rotatable bonds is 6. The van der Waals surface area contributed by atoms with Gasteiger partial charge in [0.25, 0.3) is 5.91 Å². The van der Waals surface area contributed by atoms with Crippen molar-refractivity contribution >= 4 is 34.8 Å². The summed E-state index contributed by atoms with van der Waals surface area (Å²) in [4.78, 5) is 16.4. The number of hydrogen-bond donors (Lipinski definition) is 2. The molecule has 4 nitrogen and oxygen atoms in total. The molecule has 0 aliphatic carbocycles. The number of nitrogens with one attached hydrogen (secondary N) is 2. The number of hydrogen-bond acceptors (Lipinski definition) is 3. The molecule has 0 bridgehead atoms. The van der Waals surface area contributed by atoms with E-state index in [2.05, 4.69) is 15.6 Å². The van der Waals surface area contributed by atoms with Crippen LogP contribution in [0.15, 0.2) is 66.9 Å². The van der Waals surface area contributed by atoms with E-state index >= 15 is 0 Å². The maximum Gasteiger partial charge on any atom is 0.270 e. The number of benzene rings is 2. The topological polar surface area (TPSA) is 54.0 Å². The van der Waals surface area contributed by atoms with Crippen molar-refractivity contribution in [3.05, 3.63) is 93.7 Å². The van der Waals surface area contributed by atoms with Crippen molar-refractivity contribution < 1.29 is 4.79 Å². The predicted octanol–water partition coefficient (Wildman–Crippen LogP) is 4.93. The van der Waals surface area contributed by atoms with Crippen LogP contribution in [0, 0.1) is 0 Å². The van der Waals surface area contributed by atoms with E-state index < -0.39 is 0 Å². The highest BCUT2D eigenvalue weighted by Crippen LogP contribution is 2.17. The lowest BCUT2D eigenvalue weighted by molar-refractivity contribution is 0.0946. The van der Waals surface area contributed by atoms with Crippen molar-refractivity contribution in [2.75, 3.05) is 5.32 Å². The van der Waals surface area contributed by atoms with Crippen LogP contribution >= 0.6 is 23.2 Å². The molecule has 1 amide bonds. The fourth-order valence-corrected chi connectivity index (χ4v) is 2.78. The Morgan fingerprint density at radius 3 is 2.04 bits per heavy atom. The molecule has 0 unspecified atom stereocenters. The zero-order valence-corrected chi connectivity index (χ0v) is 15.4. The highest BCUT2D eigenvalue weighted by molar-refractivity contribution is 6.31. The van der Waals surface area contributed by atoms with Crippen LogP contribution < -0.4 is 10.6 Å². The number of anilines is 1. The van der Waals surface area contributed by atoms with Gasteiger partial charge >= 0.3 is 0 Å². The maximum atomic E-state index is 12.2. The molecular formula is C20H17Cl2N3O. The molecule has 1 aromatic heterocycles. The van der Waals surface area contributed by atoms with Gasteiger partial charge in [-0.3, -0.25) is 4.79 Å². The number of amides is 1. The minimum Gasteiger partial charge on any atom is -0.380 e. The van der Waals surface area contributed by atoms with E-state index in [9.17, 15) is 4.79 Å². The van der Waals surface area contributed by atoms with Crippen LogP contribution in [0.4, 0.5) is 5.69 Å². The standard InChI is InChI=1S/C20H17Cl2N3O/c21-17-7-3-1-5-14(17)11-23-16-9-10-19(24-13-16)20(26)25-12-15-6-2-4-8-18(15)22/h1-10,13,23H,11-12H2,(H,25,26). The van der Waals surface area contributed by atoms with E-state index in [1.54, 1.807) is 18.3 Å². The lowest BCUT2D eigenvalue weighted by Gasteiger charge is -2.09. The van der Waals surface area contributed by atoms with Crippen LogP contribution in [0.1, 0.15) is 21.6 Å². The quantitative estimate of drug-likeness (QED) is 0.632. The Morgan fingerprint density at radius 2 is 1.46 bits per heavy atom. The molecule has 6 heteroatoms. The zero-order valence-electron chi connectivity index (χ0n) is 13.9. The van der Waals surface area contributed by atoms with Gasteiger partial charge in [-0.1, -0.05) is 59.6 Å². The largest absolute Gasteiger partial charge is 0.380 e. The summed E-state index contributed by atoms with van der Waals surface area (Å²) in [6.45, 7) is 0.937. The van der Waals surface area contributed by atoms with Crippen molar-refractivity contribution in [3.8, 4) is 0 Å². The molecule has 0 fully saturated rings. The van der Waals surface area contributed by atoms with Gasteiger partial charge in [-0.15, -0.1) is 0 Å². The summed E-state index contributed by atoms with van der Waals surface area (Å²) in [6, 6.07) is 18.5. The molecule has 0 aliphatic heterocycles. The molecule has 132 valence electrons. The van der Waals surface area contributed by atoms with Crippen LogP contribution in [0.25, 0.3) is 0 Å². The summed E-state index contributed by atoms with van der Waals surface area (Å²) in [7, 11) is 0. The lowest BCUT2D eigenvalue weighted by atomic mass is 10.2. The molecule has 3 aromatic rings. The highest BCUT2D eigenvalue weighted by atomic mass is 35.5. The molecule has 3 rings (SSSR count). The molecule has 0 atom stereocenters. The first-order valence-corrected chi connectivity index (χ1v) is 8.84. The summed E-state index contributed by atoms with van der Waals surface area (Å²) < 4.78 is 0. The fraction of sp³-hybridized carbons (Fsp3) is 0.100. The fourth-order valence-electron chi connectivity index (χ4n) is 2.38. The summed E-state index contributed by atoms with van der Waals surface area (Å²) in [5.74, 6) is -0.248. The second-order valence-electron chi connectivity index (χ2n) is 5.65. The first-order chi connectivity index (χ1) is 12.6. The van der Waals surface area contributed by atoms with Gasteiger partial charge in [0.1, 0.15) is 5.69 Å². The lowest BCUT2D eigenvalue weighted by Crippen LogP contribution is -2.23. The normalized spacial score (nSPS) is 10.4. The van der Waals surface area contributed by atoms with Gasteiger partial charge in [0.05, 0.1) is 11.9 Å². The van der Waals surface area contributed by atoms with Crippen LogP contribution in [0.2, 0.25) is 10.0 Å². The van der Waals surface area contributed by atoms with Gasteiger partial charge in [-0.2, -0.15) is 0 Å². The van der Waals surface area contributed by atoms with E-state index in [4.69, 9.17) is 23.2 Å². The van der Waals surface area contributed by atoms with Gasteiger partial charge in [0, 0.05) is 23.1 Å². The SMILES string of the molecule is O=C(NCc1ccccc1Cl)c1ccc(NCc2ccccc2Cl)cn1. The van der Waals surface area contributed by atoms with Crippen LogP contribution in [0.3, 0.4) is 0 Å². The van der Waals surface area contributed by atoms with Gasteiger partial charge in [0.2, 0.25) is 0 Å². The number of carbonyl (C=O) groups is 1. The van der Waals surface area contributed by atoms with Crippen LogP contribution in [-0.4, -0.2) is 10.9 Å². The second-order valence-corrected chi connectivity index (χ2v) is 6.47. The Morgan fingerprint density at radius 1 is 0.846 bits per heavy atom. The Bertz CT molecular complexity index is 898. The number of nitrogens with zero attached hydrogens (tertiary/aromatic N) is 1. The van der Waals surface area contributed by atoms with E-state index in [1.807, 2.05) is 48.5 Å². The molecule has 2 aromatic carbocycles. The monoisotopic (exact) mass is 385 g/mol. The van der Waals surface area contributed by atoms with Crippen molar-refractivity contribution in [1.82, 2.24) is 10.3 Å². The zero-order chi connectivity index (χ0) is 18.4. The predicted molar refractivity (Wildman–Crippen MR) is 106 cm³/mol. The Hall–Kier alpha value is -2.56. The van der Waals surface area contributed by atoms with Gasteiger partial charge in [-0.05, 0) is 35.4 Å². The number of aromatic nitrogens is 1. The maximum absolute atomic E-state index is 12.2. The summed E-state index contributed by atoms with van der Waals surface area (Å²) in [6.07, 6.45) is 1.63. The number of carbonyl (C=O) groups excluding carboxylic acids is 1. The molecule has 0 spiro atoms. The first-order valence-electron chi connectivity index (χ1n) is 8.08. The van der Waals surface area contributed by atoms with Crippen molar-refractivity contribution in [1.29, 1.82) is 0 Å². The molecule has 0 saturated heterocycles. The summed E-state index contributed by atoms with van der Waals surface area (Å²) in [5, 5.41) is 7.39. The van der Waals surface area contributed by atoms with Crippen molar-refractivity contribution in [2.24, 2.45) is 0 Å². The molecule has 0 aliphatic rings. The average Bonchev–Trinajstić information content (AvgIpc) is 2.67. The smallest absolute Gasteiger partial charge is 0.270 e. The minimum atomic E-state index is -0.248. The molecule has 1 heterocycles. The molecule has 26 heavy (non-hydrogen) atoms. The van der Waals surface area contributed by atoms with E-state index in [-0.39, 0.29) is 5.91 Å². The number of pyridine rings is 1. The van der Waals surface area contributed by atoms with Gasteiger partial charge in [-0.25, -0.2) is 4.98 Å². The molecule has 0 saturated carbocycles. The third kappa shape index (κ3) is 4.75. The van der Waals surface area contributed by atoms with Gasteiger partial charge < -0.3 is 10.6 Å². The molecule has 0 radical (unpaired) electrons. The van der Waals surface area contributed by atoms with Crippen molar-refractivity contribution in [2.45, 2.75) is 13.1 Å². The van der Waals surface area contributed by atoms with Gasteiger partial charge in [0.15, 0.2) is 0 Å². The third-order valence-electron chi connectivity index (χ3n) is 3.83. The van der Waals surface area contributed by atoms with Crippen LogP contribution in [0.5, 0.6) is 0 Å².